The molecule has 4 N–H and O–H groups in total. The van der Waals surface area contributed by atoms with Gasteiger partial charge in [-0.15, -0.1) is 0 Å². The van der Waals surface area contributed by atoms with E-state index in [2.05, 4.69) is 20.4 Å². The van der Waals surface area contributed by atoms with E-state index < -0.39 is 17.8 Å². The van der Waals surface area contributed by atoms with Crippen LogP contribution in [0, 0.1) is 5.82 Å². The lowest BCUT2D eigenvalue weighted by Gasteiger charge is -2.31. The number of carbonyl (C=O) groups excluding carboxylic acids is 1. The van der Waals surface area contributed by atoms with Gasteiger partial charge in [0.1, 0.15) is 17.2 Å². The highest BCUT2D eigenvalue weighted by Crippen LogP contribution is 2.34. The maximum absolute atomic E-state index is 13.4. The van der Waals surface area contributed by atoms with Crippen LogP contribution in [-0.4, -0.2) is 54.8 Å². The number of fused-ring (bicyclic) bond motifs is 2. The highest BCUT2D eigenvalue weighted by Gasteiger charge is 2.30. The first kappa shape index (κ1) is 20.9. The molecule has 0 saturated carbocycles. The summed E-state index contributed by atoms with van der Waals surface area (Å²) in [5, 5.41) is 16.8. The molecule has 2 amide bonds. The molecule has 170 valence electrons. The fourth-order valence-corrected chi connectivity index (χ4v) is 4.25. The van der Waals surface area contributed by atoms with Gasteiger partial charge in [-0.2, -0.15) is 10.1 Å². The second-order valence-corrected chi connectivity index (χ2v) is 8.03. The molecule has 4 aromatic rings. The van der Waals surface area contributed by atoms with Crippen molar-refractivity contribution in [3.8, 4) is 0 Å². The predicted molar refractivity (Wildman–Crippen MR) is 117 cm³/mol. The number of nitrogens with one attached hydrogen (secondary N) is 1. The van der Waals surface area contributed by atoms with E-state index in [0.29, 0.717) is 30.5 Å². The van der Waals surface area contributed by atoms with Crippen LogP contribution in [0.3, 0.4) is 0 Å². The number of nitrogen functional groups attached to an aromatic ring is 1. The maximum atomic E-state index is 13.4. The Morgan fingerprint density at radius 2 is 2.18 bits per heavy atom. The van der Waals surface area contributed by atoms with Gasteiger partial charge in [-0.3, -0.25) is 14.8 Å². The number of aromatic nitrogens is 4. The highest BCUT2D eigenvalue weighted by molar-refractivity contribution is 6.36. The van der Waals surface area contributed by atoms with Crippen molar-refractivity contribution in [2.45, 2.75) is 18.9 Å². The lowest BCUT2D eigenvalue weighted by Crippen LogP contribution is -2.40. The first-order valence-corrected chi connectivity index (χ1v) is 10.4. The van der Waals surface area contributed by atoms with Crippen LogP contribution in [0.5, 0.6) is 0 Å². The summed E-state index contributed by atoms with van der Waals surface area (Å²) >= 11 is 6.39. The highest BCUT2D eigenvalue weighted by atomic mass is 35.5. The maximum Gasteiger partial charge on any atom is 0.407 e. The number of hydrogen-bond donors (Lipinski definition) is 3. The quantitative estimate of drug-likeness (QED) is 0.408. The summed E-state index contributed by atoms with van der Waals surface area (Å²) in [6, 6.07) is 3.29. The van der Waals surface area contributed by atoms with Crippen LogP contribution in [0.1, 0.15) is 29.4 Å². The third-order valence-electron chi connectivity index (χ3n) is 5.51. The standard InChI is InChI=1S/C20H17ClFN7O4/c21-11-7-24-17(23)14-15(18(30)26-19-25-12-6-9(22)3-4-13(12)33-19)27-29(16(11)14)10-2-1-5-28(8-10)20(31)32/h3-4,6-7,10H,1-2,5,8H2,(H2,23,24)(H,31,32)(H,25,26,30). The van der Waals surface area contributed by atoms with E-state index in [1.807, 2.05) is 0 Å². The number of piperidine rings is 1. The summed E-state index contributed by atoms with van der Waals surface area (Å²) in [4.78, 5) is 34.0. The number of carbonyl (C=O) groups is 2. The van der Waals surface area contributed by atoms with E-state index in [0.717, 1.165) is 0 Å². The number of likely N-dealkylation sites (tertiary alicyclic amines) is 1. The third-order valence-corrected chi connectivity index (χ3v) is 5.78. The molecule has 33 heavy (non-hydrogen) atoms. The minimum Gasteiger partial charge on any atom is -0.465 e. The molecule has 4 heterocycles. The van der Waals surface area contributed by atoms with Crippen molar-refractivity contribution in [1.82, 2.24) is 24.6 Å². The molecule has 11 nitrogen and oxygen atoms in total. The molecule has 13 heteroatoms. The molecular weight excluding hydrogens is 457 g/mol. The first-order valence-electron chi connectivity index (χ1n) is 9.99. The minimum atomic E-state index is -1.03. The van der Waals surface area contributed by atoms with Gasteiger partial charge in [0.05, 0.1) is 28.2 Å². The van der Waals surface area contributed by atoms with E-state index in [1.165, 1.54) is 34.0 Å². The molecule has 5 rings (SSSR count). The van der Waals surface area contributed by atoms with Crippen molar-refractivity contribution in [3.05, 3.63) is 40.9 Å². The summed E-state index contributed by atoms with van der Waals surface area (Å²) in [7, 11) is 0. The summed E-state index contributed by atoms with van der Waals surface area (Å²) < 4.78 is 20.4. The van der Waals surface area contributed by atoms with Crippen LogP contribution in [0.2, 0.25) is 5.02 Å². The fraction of sp³-hybridized carbons (Fsp3) is 0.250. The molecule has 1 unspecified atom stereocenters. The smallest absolute Gasteiger partial charge is 0.407 e. The molecule has 0 bridgehead atoms. The Bertz CT molecular complexity index is 1420. The molecular formula is C20H17ClFN7O4. The molecule has 0 aliphatic carbocycles. The van der Waals surface area contributed by atoms with Gasteiger partial charge in [0.2, 0.25) is 0 Å². The van der Waals surface area contributed by atoms with Gasteiger partial charge >= 0.3 is 12.1 Å². The normalized spacial score (nSPS) is 16.4. The Morgan fingerprint density at radius 1 is 1.36 bits per heavy atom. The molecule has 1 aliphatic rings. The molecule has 1 aliphatic heterocycles. The van der Waals surface area contributed by atoms with Crippen molar-refractivity contribution < 1.29 is 23.5 Å². The number of nitrogens with zero attached hydrogens (tertiary/aromatic N) is 5. The number of anilines is 2. The van der Waals surface area contributed by atoms with Crippen molar-refractivity contribution in [3.63, 3.8) is 0 Å². The zero-order chi connectivity index (χ0) is 23.3. The van der Waals surface area contributed by atoms with Crippen LogP contribution in [-0.2, 0) is 0 Å². The van der Waals surface area contributed by atoms with Crippen LogP contribution in [0.4, 0.5) is 21.0 Å². The van der Waals surface area contributed by atoms with E-state index in [-0.39, 0.29) is 46.0 Å². The van der Waals surface area contributed by atoms with Crippen molar-refractivity contribution in [2.24, 2.45) is 0 Å². The van der Waals surface area contributed by atoms with Gasteiger partial charge in [-0.25, -0.2) is 14.2 Å². The van der Waals surface area contributed by atoms with Crippen LogP contribution in [0.15, 0.2) is 28.8 Å². The molecule has 0 radical (unpaired) electrons. The number of amides is 2. The first-order chi connectivity index (χ1) is 15.8. The minimum absolute atomic E-state index is 0.0383. The number of nitrogens with two attached hydrogens (primary N) is 1. The summed E-state index contributed by atoms with van der Waals surface area (Å²) in [6.07, 6.45) is 1.58. The van der Waals surface area contributed by atoms with E-state index >= 15 is 0 Å². The van der Waals surface area contributed by atoms with Crippen molar-refractivity contribution >= 4 is 57.4 Å². The van der Waals surface area contributed by atoms with Crippen LogP contribution >= 0.6 is 11.6 Å². The number of benzene rings is 1. The van der Waals surface area contributed by atoms with Gasteiger partial charge in [0.15, 0.2) is 11.3 Å². The molecule has 1 saturated heterocycles. The number of hydrogen-bond acceptors (Lipinski definition) is 7. The lowest BCUT2D eigenvalue weighted by molar-refractivity contribution is 0.101. The van der Waals surface area contributed by atoms with Gasteiger partial charge in [0, 0.05) is 19.2 Å². The van der Waals surface area contributed by atoms with Gasteiger partial charge in [-0.1, -0.05) is 11.6 Å². The Labute approximate surface area is 189 Å². The topological polar surface area (TPSA) is 152 Å². The van der Waals surface area contributed by atoms with Gasteiger partial charge in [-0.05, 0) is 25.0 Å². The summed E-state index contributed by atoms with van der Waals surface area (Å²) in [6.45, 7) is 0.594. The third kappa shape index (κ3) is 3.67. The molecule has 0 spiro atoms. The average molecular weight is 474 g/mol. The second-order valence-electron chi connectivity index (χ2n) is 7.62. The number of oxazole rings is 1. The average Bonchev–Trinajstić information content (AvgIpc) is 3.38. The Hall–Kier alpha value is -3.93. The number of halogens is 2. The van der Waals surface area contributed by atoms with E-state index in [1.54, 1.807) is 0 Å². The van der Waals surface area contributed by atoms with E-state index in [9.17, 15) is 19.1 Å². The molecule has 1 atom stereocenters. The Morgan fingerprint density at radius 3 is 2.97 bits per heavy atom. The Balaban J connectivity index is 1.55. The number of carboxylic acid groups (broad SMARTS) is 1. The Kier molecular flexibility index (Phi) is 5.01. The largest absolute Gasteiger partial charge is 0.465 e. The monoisotopic (exact) mass is 473 g/mol. The van der Waals surface area contributed by atoms with Crippen LogP contribution in [0.25, 0.3) is 22.0 Å². The zero-order valence-electron chi connectivity index (χ0n) is 17.0. The van der Waals surface area contributed by atoms with Crippen molar-refractivity contribution in [2.75, 3.05) is 24.1 Å². The number of rotatable bonds is 3. The summed E-state index contributed by atoms with van der Waals surface area (Å²) in [5.41, 5.74) is 6.91. The van der Waals surface area contributed by atoms with Gasteiger partial charge < -0.3 is 20.2 Å². The van der Waals surface area contributed by atoms with Crippen LogP contribution < -0.4 is 11.1 Å². The predicted octanol–water partition coefficient (Wildman–Crippen LogP) is 3.51. The second kappa shape index (κ2) is 7.89. The summed E-state index contributed by atoms with van der Waals surface area (Å²) in [5.74, 6) is -1.14. The van der Waals surface area contributed by atoms with Gasteiger partial charge in [0.25, 0.3) is 5.91 Å². The molecule has 1 fully saturated rings. The zero-order valence-corrected chi connectivity index (χ0v) is 17.7. The lowest BCUT2D eigenvalue weighted by atomic mass is 10.1. The van der Waals surface area contributed by atoms with E-state index in [4.69, 9.17) is 21.8 Å². The number of pyridine rings is 1. The fourth-order valence-electron chi connectivity index (χ4n) is 4.02. The van der Waals surface area contributed by atoms with Crippen molar-refractivity contribution in [1.29, 1.82) is 0 Å². The SMILES string of the molecule is Nc1ncc(Cl)c2c1c(C(=O)Nc1nc3cc(F)ccc3o1)nn2C1CCCN(C(=O)O)C1. The molecule has 1 aromatic carbocycles. The molecule has 3 aromatic heterocycles.